The van der Waals surface area contributed by atoms with Gasteiger partial charge in [-0.3, -0.25) is 9.59 Å². The van der Waals surface area contributed by atoms with Crippen LogP contribution in [0.3, 0.4) is 0 Å². The van der Waals surface area contributed by atoms with Crippen LogP contribution in [0.15, 0.2) is 0 Å². The Morgan fingerprint density at radius 2 is 2.00 bits per heavy atom. The molecular weight excluding hydrogens is 194 g/mol. The molecule has 0 aromatic rings. The van der Waals surface area contributed by atoms with Crippen molar-refractivity contribution >= 4 is 11.8 Å². The molecule has 0 bridgehead atoms. The fraction of sp³-hybridized carbons (Fsp3) is 0.800. The van der Waals surface area contributed by atoms with Gasteiger partial charge in [-0.15, -0.1) is 0 Å². The first-order chi connectivity index (χ1) is 7.11. The number of carbonyl (C=O) groups excluding carboxylic acids is 2. The molecule has 5 heteroatoms. The first-order valence-electron chi connectivity index (χ1n) is 5.33. The molecule has 1 fully saturated rings. The summed E-state index contributed by atoms with van der Waals surface area (Å²) < 4.78 is 0. The summed E-state index contributed by atoms with van der Waals surface area (Å²) in [7, 11) is 1.64. The highest BCUT2D eigenvalue weighted by Gasteiger charge is 2.24. The molecule has 15 heavy (non-hydrogen) atoms. The van der Waals surface area contributed by atoms with Crippen LogP contribution in [-0.4, -0.2) is 37.5 Å². The molecule has 0 aromatic carbocycles. The highest BCUT2D eigenvalue weighted by Crippen LogP contribution is 2.14. The Morgan fingerprint density at radius 3 is 2.60 bits per heavy atom. The average Bonchev–Trinajstić information content (AvgIpc) is 2.62. The van der Waals surface area contributed by atoms with Crippen LogP contribution in [0.2, 0.25) is 0 Å². The Kier molecular flexibility index (Phi) is 4.55. The quantitative estimate of drug-likeness (QED) is 0.583. The van der Waals surface area contributed by atoms with E-state index in [0.717, 1.165) is 12.8 Å². The normalized spacial score (nSPS) is 24.9. The lowest BCUT2D eigenvalue weighted by molar-refractivity contribution is -0.121. The number of amides is 2. The van der Waals surface area contributed by atoms with Crippen LogP contribution in [0, 0.1) is 0 Å². The monoisotopic (exact) mass is 213 g/mol. The van der Waals surface area contributed by atoms with Crippen molar-refractivity contribution in [2.45, 2.75) is 38.3 Å². The molecule has 1 heterocycles. The predicted molar refractivity (Wildman–Crippen MR) is 57.3 cm³/mol. The zero-order chi connectivity index (χ0) is 11.3. The second-order valence-corrected chi connectivity index (χ2v) is 3.95. The maximum Gasteiger partial charge on any atom is 0.221 e. The van der Waals surface area contributed by atoms with Gasteiger partial charge in [-0.05, 0) is 12.8 Å². The number of carbonyl (C=O) groups is 2. The topological polar surface area (TPSA) is 70.2 Å². The summed E-state index contributed by atoms with van der Waals surface area (Å²) in [6, 6.07) is 0.562. The minimum atomic E-state index is -0.00782. The lowest BCUT2D eigenvalue weighted by atomic mass is 10.1. The second-order valence-electron chi connectivity index (χ2n) is 3.95. The molecule has 0 saturated carbocycles. The molecule has 86 valence electrons. The van der Waals surface area contributed by atoms with Gasteiger partial charge in [-0.25, -0.2) is 0 Å². The zero-order valence-electron chi connectivity index (χ0n) is 9.30. The third-order valence-corrected chi connectivity index (χ3v) is 2.64. The van der Waals surface area contributed by atoms with E-state index in [1.165, 1.54) is 6.92 Å². The van der Waals surface area contributed by atoms with Crippen LogP contribution in [-0.2, 0) is 9.59 Å². The lowest BCUT2D eigenvalue weighted by Gasteiger charge is -2.13. The van der Waals surface area contributed by atoms with Gasteiger partial charge in [0, 0.05) is 39.0 Å². The Morgan fingerprint density at radius 1 is 1.33 bits per heavy atom. The highest BCUT2D eigenvalue weighted by atomic mass is 16.2. The van der Waals surface area contributed by atoms with E-state index >= 15 is 0 Å². The van der Waals surface area contributed by atoms with Gasteiger partial charge in [0.15, 0.2) is 0 Å². The van der Waals surface area contributed by atoms with Gasteiger partial charge >= 0.3 is 0 Å². The first kappa shape index (κ1) is 12.0. The van der Waals surface area contributed by atoms with E-state index in [9.17, 15) is 9.59 Å². The van der Waals surface area contributed by atoms with Crippen LogP contribution in [0.5, 0.6) is 0 Å². The molecule has 0 unspecified atom stereocenters. The van der Waals surface area contributed by atoms with Crippen molar-refractivity contribution in [1.29, 1.82) is 0 Å². The van der Waals surface area contributed by atoms with Gasteiger partial charge in [0.2, 0.25) is 11.8 Å². The molecule has 5 nitrogen and oxygen atoms in total. The smallest absolute Gasteiger partial charge is 0.221 e. The molecule has 3 N–H and O–H groups in total. The fourth-order valence-corrected chi connectivity index (χ4v) is 1.82. The summed E-state index contributed by atoms with van der Waals surface area (Å²) in [4.78, 5) is 21.8. The first-order valence-corrected chi connectivity index (χ1v) is 5.33. The van der Waals surface area contributed by atoms with E-state index in [0.29, 0.717) is 19.0 Å². The van der Waals surface area contributed by atoms with Gasteiger partial charge in [0.25, 0.3) is 0 Å². The predicted octanol–water partition coefficient (Wildman–Crippen LogP) is -0.621. The van der Waals surface area contributed by atoms with Gasteiger partial charge in [0.1, 0.15) is 0 Å². The van der Waals surface area contributed by atoms with Crippen LogP contribution < -0.4 is 16.0 Å². The largest absolute Gasteiger partial charge is 0.359 e. The van der Waals surface area contributed by atoms with Crippen molar-refractivity contribution in [3.8, 4) is 0 Å². The van der Waals surface area contributed by atoms with Gasteiger partial charge in [-0.2, -0.15) is 0 Å². The number of rotatable bonds is 4. The Hall–Kier alpha value is -1.10. The van der Waals surface area contributed by atoms with E-state index in [4.69, 9.17) is 0 Å². The Labute approximate surface area is 90.0 Å². The number of hydrogen-bond donors (Lipinski definition) is 3. The van der Waals surface area contributed by atoms with E-state index < -0.39 is 0 Å². The van der Waals surface area contributed by atoms with Crippen molar-refractivity contribution in [2.24, 2.45) is 0 Å². The molecule has 2 amide bonds. The van der Waals surface area contributed by atoms with Crippen LogP contribution in [0.4, 0.5) is 0 Å². The molecular formula is C10H19N3O2. The molecule has 1 rings (SSSR count). The van der Waals surface area contributed by atoms with Crippen molar-refractivity contribution in [3.63, 3.8) is 0 Å². The minimum absolute atomic E-state index is 0.00782. The Bertz CT molecular complexity index is 243. The van der Waals surface area contributed by atoms with Crippen LogP contribution in [0.1, 0.15) is 26.2 Å². The maximum absolute atomic E-state index is 11.1. The minimum Gasteiger partial charge on any atom is -0.359 e. The van der Waals surface area contributed by atoms with Crippen LogP contribution >= 0.6 is 0 Å². The molecule has 0 aromatic heterocycles. The third-order valence-electron chi connectivity index (χ3n) is 2.64. The van der Waals surface area contributed by atoms with E-state index in [2.05, 4.69) is 16.0 Å². The molecule has 0 radical (unpaired) electrons. The summed E-state index contributed by atoms with van der Waals surface area (Å²) >= 11 is 0. The van der Waals surface area contributed by atoms with Crippen molar-refractivity contribution in [1.82, 2.24) is 16.0 Å². The van der Waals surface area contributed by atoms with Crippen molar-refractivity contribution < 1.29 is 9.59 Å². The molecule has 1 aliphatic heterocycles. The zero-order valence-corrected chi connectivity index (χ0v) is 9.30. The SMILES string of the molecule is CNC(=O)C[C@H]1CC[C@@H](CNC(C)=O)N1. The summed E-state index contributed by atoms with van der Waals surface area (Å²) in [6.45, 7) is 2.16. The van der Waals surface area contributed by atoms with E-state index in [1.807, 2.05) is 0 Å². The average molecular weight is 213 g/mol. The summed E-state index contributed by atoms with van der Waals surface area (Å²) in [5.74, 6) is 0.0548. The van der Waals surface area contributed by atoms with E-state index in [1.54, 1.807) is 7.05 Å². The maximum atomic E-state index is 11.1. The van der Waals surface area contributed by atoms with Crippen molar-refractivity contribution in [3.05, 3.63) is 0 Å². The van der Waals surface area contributed by atoms with Crippen molar-refractivity contribution in [2.75, 3.05) is 13.6 Å². The number of nitrogens with one attached hydrogen (secondary N) is 3. The Balaban J connectivity index is 2.20. The second kappa shape index (κ2) is 5.70. The van der Waals surface area contributed by atoms with Gasteiger partial charge in [-0.1, -0.05) is 0 Å². The molecule has 0 aliphatic carbocycles. The standard InChI is InChI=1S/C10H19N3O2/c1-7(14)12-6-9-4-3-8(13-9)5-10(15)11-2/h8-9,13H,3-6H2,1-2H3,(H,11,15)(H,12,14)/t8-,9+/m1/s1. The van der Waals surface area contributed by atoms with E-state index in [-0.39, 0.29) is 17.9 Å². The van der Waals surface area contributed by atoms with Gasteiger partial charge in [0.05, 0.1) is 0 Å². The molecule has 1 aliphatic rings. The fourth-order valence-electron chi connectivity index (χ4n) is 1.82. The molecule has 2 atom stereocenters. The summed E-state index contributed by atoms with van der Waals surface area (Å²) in [5.41, 5.74) is 0. The summed E-state index contributed by atoms with van der Waals surface area (Å²) in [5, 5.41) is 8.72. The molecule has 0 spiro atoms. The highest BCUT2D eigenvalue weighted by molar-refractivity contribution is 5.76. The summed E-state index contributed by atoms with van der Waals surface area (Å²) in [6.07, 6.45) is 2.53. The van der Waals surface area contributed by atoms with Gasteiger partial charge < -0.3 is 16.0 Å². The lowest BCUT2D eigenvalue weighted by Crippen LogP contribution is -2.40. The number of hydrogen-bond acceptors (Lipinski definition) is 3. The third kappa shape index (κ3) is 4.29. The van der Waals surface area contributed by atoms with Crippen LogP contribution in [0.25, 0.3) is 0 Å². The molecule has 1 saturated heterocycles.